The van der Waals surface area contributed by atoms with Crippen molar-refractivity contribution in [1.82, 2.24) is 0 Å². The maximum atomic E-state index is 10.7. The van der Waals surface area contributed by atoms with Gasteiger partial charge in [0.25, 0.3) is 0 Å². The fraction of sp³-hybridized carbons (Fsp3) is 0.571. The summed E-state index contributed by atoms with van der Waals surface area (Å²) in [4.78, 5) is 10.7. The molecule has 0 aliphatic heterocycles. The minimum Gasteiger partial charge on any atom is -0.145 e. The molecule has 87 valence electrons. The van der Waals surface area contributed by atoms with E-state index in [1.807, 2.05) is 12.1 Å². The summed E-state index contributed by atoms with van der Waals surface area (Å²) in [5, 5.41) is 3.05. The van der Waals surface area contributed by atoms with Crippen molar-refractivity contribution in [3.8, 4) is 0 Å². The van der Waals surface area contributed by atoms with Crippen LogP contribution < -0.4 is 0 Å². The van der Waals surface area contributed by atoms with Crippen LogP contribution in [0.4, 0.5) is 5.69 Å². The second-order valence-corrected chi connectivity index (χ2v) is 6.26. The Morgan fingerprint density at radius 2 is 1.31 bits per heavy atom. The first-order valence-corrected chi connectivity index (χ1v) is 5.56. The highest BCUT2D eigenvalue weighted by molar-refractivity contribution is 5.47. The lowest BCUT2D eigenvalue weighted by Gasteiger charge is -2.24. The van der Waals surface area contributed by atoms with Gasteiger partial charge in [0.15, 0.2) is 0 Å². The van der Waals surface area contributed by atoms with Crippen molar-refractivity contribution in [1.29, 1.82) is 0 Å². The first-order chi connectivity index (χ1) is 7.14. The van der Waals surface area contributed by atoms with Crippen molar-refractivity contribution in [2.75, 3.05) is 0 Å². The van der Waals surface area contributed by atoms with Crippen molar-refractivity contribution in [2.45, 2.75) is 52.4 Å². The Labute approximate surface area is 98.0 Å². The monoisotopic (exact) mass is 218 g/mol. The molecule has 16 heavy (non-hydrogen) atoms. The van der Waals surface area contributed by atoms with E-state index in [2.05, 4.69) is 52.8 Å². The molecule has 0 fully saturated rings. The molecule has 0 bridgehead atoms. The Kier molecular flexibility index (Phi) is 3.22. The average Bonchev–Trinajstić information content (AvgIpc) is 2.14. The fourth-order valence-corrected chi connectivity index (χ4v) is 1.42. The van der Waals surface area contributed by atoms with Gasteiger partial charge in [-0.25, -0.2) is 0 Å². The smallest absolute Gasteiger partial charge is 0.108 e. The summed E-state index contributed by atoms with van der Waals surface area (Å²) in [6.07, 6.45) is 0. The Bertz CT molecular complexity index is 362. The van der Waals surface area contributed by atoms with Crippen LogP contribution in [0.1, 0.15) is 52.7 Å². The van der Waals surface area contributed by atoms with E-state index in [0.29, 0.717) is 5.69 Å². The Balaban J connectivity index is 3.39. The standard InChI is InChI=1S/C14H20NO/c1-13(2,3)10-7-11(14(4,5)6)9-12(8-10)15-16/h8-9H,1-6H3. The largest absolute Gasteiger partial charge is 0.145 e. The van der Waals surface area contributed by atoms with Crippen LogP contribution in [0.25, 0.3) is 0 Å². The summed E-state index contributed by atoms with van der Waals surface area (Å²) in [6, 6.07) is 7.04. The van der Waals surface area contributed by atoms with E-state index in [0.717, 1.165) is 11.1 Å². The van der Waals surface area contributed by atoms with Gasteiger partial charge in [-0.3, -0.25) is 0 Å². The highest BCUT2D eigenvalue weighted by Gasteiger charge is 2.21. The maximum Gasteiger partial charge on any atom is 0.108 e. The van der Waals surface area contributed by atoms with Crippen molar-refractivity contribution in [2.24, 2.45) is 5.18 Å². The third-order valence-electron chi connectivity index (χ3n) is 2.58. The molecule has 0 aliphatic carbocycles. The fourth-order valence-electron chi connectivity index (χ4n) is 1.42. The van der Waals surface area contributed by atoms with E-state index in [9.17, 15) is 4.91 Å². The SMILES string of the molecule is CC(C)(C)c1[c]c(C(C)(C)C)cc(N=O)c1. The van der Waals surface area contributed by atoms with Crippen molar-refractivity contribution in [3.63, 3.8) is 0 Å². The molecular weight excluding hydrogens is 198 g/mol. The molecule has 1 aromatic carbocycles. The van der Waals surface area contributed by atoms with Crippen LogP contribution in [-0.2, 0) is 10.8 Å². The summed E-state index contributed by atoms with van der Waals surface area (Å²) in [5.74, 6) is 0. The number of nitroso groups, excluding NO2 is 1. The van der Waals surface area contributed by atoms with Gasteiger partial charge in [-0.2, -0.15) is 0 Å². The quantitative estimate of drug-likeness (QED) is 0.639. The second kappa shape index (κ2) is 4.00. The first kappa shape index (κ1) is 12.9. The van der Waals surface area contributed by atoms with Crippen LogP contribution in [0.5, 0.6) is 0 Å². The minimum atomic E-state index is -0.0132. The lowest BCUT2D eigenvalue weighted by molar-refractivity contribution is 0.567. The Morgan fingerprint density at radius 3 is 1.56 bits per heavy atom. The second-order valence-electron chi connectivity index (χ2n) is 6.26. The predicted molar refractivity (Wildman–Crippen MR) is 68.1 cm³/mol. The van der Waals surface area contributed by atoms with Crippen LogP contribution in [0.15, 0.2) is 17.3 Å². The van der Waals surface area contributed by atoms with E-state index in [1.54, 1.807) is 0 Å². The molecule has 2 nitrogen and oxygen atoms in total. The molecular formula is C14H20NO. The summed E-state index contributed by atoms with van der Waals surface area (Å²) in [5.41, 5.74) is 2.54. The maximum absolute atomic E-state index is 10.7. The van der Waals surface area contributed by atoms with Crippen molar-refractivity contribution in [3.05, 3.63) is 34.2 Å². The highest BCUT2D eigenvalue weighted by Crippen LogP contribution is 2.32. The molecule has 0 saturated carbocycles. The molecule has 0 aliphatic rings. The van der Waals surface area contributed by atoms with Gasteiger partial charge < -0.3 is 0 Å². The van der Waals surface area contributed by atoms with Gasteiger partial charge in [-0.15, -0.1) is 4.91 Å². The first-order valence-electron chi connectivity index (χ1n) is 5.56. The van der Waals surface area contributed by atoms with Gasteiger partial charge in [-0.05, 0) is 45.3 Å². The lowest BCUT2D eigenvalue weighted by atomic mass is 9.80. The van der Waals surface area contributed by atoms with Gasteiger partial charge in [0, 0.05) is 0 Å². The molecule has 0 saturated heterocycles. The van der Waals surface area contributed by atoms with Gasteiger partial charge in [0.1, 0.15) is 5.69 Å². The predicted octanol–water partition coefficient (Wildman–Crippen LogP) is 4.48. The zero-order valence-electron chi connectivity index (χ0n) is 11.0. The van der Waals surface area contributed by atoms with E-state index in [1.165, 1.54) is 0 Å². The van der Waals surface area contributed by atoms with Crippen LogP contribution in [0.3, 0.4) is 0 Å². The lowest BCUT2D eigenvalue weighted by Crippen LogP contribution is -2.16. The summed E-state index contributed by atoms with van der Waals surface area (Å²) in [7, 11) is 0. The van der Waals surface area contributed by atoms with Gasteiger partial charge in [0.2, 0.25) is 0 Å². The Morgan fingerprint density at radius 1 is 0.938 bits per heavy atom. The molecule has 0 aromatic heterocycles. The van der Waals surface area contributed by atoms with Crippen molar-refractivity contribution >= 4 is 5.69 Å². The van der Waals surface area contributed by atoms with Crippen LogP contribution >= 0.6 is 0 Å². The highest BCUT2D eigenvalue weighted by atomic mass is 16.3. The molecule has 0 N–H and O–H groups in total. The molecule has 0 atom stereocenters. The summed E-state index contributed by atoms with van der Waals surface area (Å²) in [6.45, 7) is 12.7. The van der Waals surface area contributed by atoms with Gasteiger partial charge in [-0.1, -0.05) is 41.5 Å². The van der Waals surface area contributed by atoms with Crippen LogP contribution in [-0.4, -0.2) is 0 Å². The number of hydrogen-bond acceptors (Lipinski definition) is 2. The third kappa shape index (κ3) is 2.91. The van der Waals surface area contributed by atoms with E-state index in [-0.39, 0.29) is 10.8 Å². The van der Waals surface area contributed by atoms with E-state index < -0.39 is 0 Å². The number of benzene rings is 1. The zero-order chi connectivity index (χ0) is 12.6. The summed E-state index contributed by atoms with van der Waals surface area (Å²) < 4.78 is 0. The van der Waals surface area contributed by atoms with E-state index >= 15 is 0 Å². The van der Waals surface area contributed by atoms with Gasteiger partial charge in [0.05, 0.1) is 0 Å². The van der Waals surface area contributed by atoms with Crippen LogP contribution in [0.2, 0.25) is 0 Å². The molecule has 0 unspecified atom stereocenters. The van der Waals surface area contributed by atoms with Crippen molar-refractivity contribution < 1.29 is 0 Å². The molecule has 1 radical (unpaired) electrons. The third-order valence-corrected chi connectivity index (χ3v) is 2.58. The molecule has 0 amide bonds. The zero-order valence-corrected chi connectivity index (χ0v) is 11.0. The molecule has 1 rings (SSSR count). The molecule has 0 spiro atoms. The average molecular weight is 218 g/mol. The molecule has 2 heteroatoms. The topological polar surface area (TPSA) is 29.4 Å². The van der Waals surface area contributed by atoms with E-state index in [4.69, 9.17) is 0 Å². The minimum absolute atomic E-state index is 0.0132. The number of nitrogens with zero attached hydrogens (tertiary/aromatic N) is 1. The Hall–Kier alpha value is -1.18. The molecule has 0 heterocycles. The summed E-state index contributed by atoms with van der Waals surface area (Å²) >= 11 is 0. The van der Waals surface area contributed by atoms with Crippen LogP contribution in [0, 0.1) is 11.0 Å². The number of rotatable bonds is 1. The van der Waals surface area contributed by atoms with Gasteiger partial charge >= 0.3 is 0 Å². The molecule has 1 aromatic rings. The normalized spacial score (nSPS) is 12.6. The number of hydrogen-bond donors (Lipinski definition) is 0.